The van der Waals surface area contributed by atoms with Crippen LogP contribution in [0.2, 0.25) is 0 Å². The van der Waals surface area contributed by atoms with Crippen molar-refractivity contribution in [2.75, 3.05) is 0 Å². The van der Waals surface area contributed by atoms with Gasteiger partial charge in [-0.25, -0.2) is 14.6 Å². The van der Waals surface area contributed by atoms with Gasteiger partial charge in [-0.15, -0.1) is 5.10 Å². The molecule has 0 fully saturated rings. The van der Waals surface area contributed by atoms with Crippen LogP contribution in [0, 0.1) is 6.92 Å². The molecule has 0 aliphatic heterocycles. The quantitative estimate of drug-likeness (QED) is 0.495. The summed E-state index contributed by atoms with van der Waals surface area (Å²) in [5.41, 5.74) is 1.32. The summed E-state index contributed by atoms with van der Waals surface area (Å²) in [5.74, 6) is 1.18. The molecular formula is C17H16N10O. The van der Waals surface area contributed by atoms with Crippen molar-refractivity contribution in [3.05, 3.63) is 66.1 Å². The van der Waals surface area contributed by atoms with Crippen LogP contribution in [0.15, 0.2) is 48.9 Å². The number of carbonyl (C=O) groups is 1. The Morgan fingerprint density at radius 3 is 2.82 bits per heavy atom. The van der Waals surface area contributed by atoms with Gasteiger partial charge in [0.15, 0.2) is 6.04 Å². The summed E-state index contributed by atoms with van der Waals surface area (Å²) in [6.45, 7) is 1.91. The maximum Gasteiger partial charge on any atom is 0.249 e. The van der Waals surface area contributed by atoms with Gasteiger partial charge < -0.3 is 5.32 Å². The van der Waals surface area contributed by atoms with E-state index in [4.69, 9.17) is 0 Å². The second-order valence-electron chi connectivity index (χ2n) is 5.90. The Bertz CT molecular complexity index is 1060. The molecule has 140 valence electrons. The monoisotopic (exact) mass is 376 g/mol. The summed E-state index contributed by atoms with van der Waals surface area (Å²) in [6, 6.07) is 8.61. The first-order chi connectivity index (χ1) is 13.7. The Morgan fingerprint density at radius 1 is 1.25 bits per heavy atom. The molecule has 11 nitrogen and oxygen atoms in total. The zero-order valence-corrected chi connectivity index (χ0v) is 14.9. The highest BCUT2D eigenvalue weighted by molar-refractivity contribution is 5.83. The molecule has 2 N–H and O–H groups in total. The van der Waals surface area contributed by atoms with Crippen molar-refractivity contribution in [1.29, 1.82) is 0 Å². The Hall–Kier alpha value is -4.02. The van der Waals surface area contributed by atoms with E-state index in [2.05, 4.69) is 46.0 Å². The first-order valence-electron chi connectivity index (χ1n) is 8.47. The lowest BCUT2D eigenvalue weighted by molar-refractivity contribution is -0.123. The van der Waals surface area contributed by atoms with Crippen molar-refractivity contribution in [2.24, 2.45) is 0 Å². The Morgan fingerprint density at radius 2 is 2.11 bits per heavy atom. The number of hydrogen-bond acceptors (Lipinski definition) is 8. The summed E-state index contributed by atoms with van der Waals surface area (Å²) in [5, 5.41) is 21.2. The number of aromatic amines is 1. The summed E-state index contributed by atoms with van der Waals surface area (Å²) < 4.78 is 1.48. The van der Waals surface area contributed by atoms with Gasteiger partial charge in [0.1, 0.15) is 17.3 Å². The van der Waals surface area contributed by atoms with Crippen LogP contribution in [0.4, 0.5) is 0 Å². The van der Waals surface area contributed by atoms with E-state index in [1.54, 1.807) is 25.5 Å². The van der Waals surface area contributed by atoms with Gasteiger partial charge in [0.05, 0.1) is 12.7 Å². The number of aromatic nitrogens is 9. The molecular weight excluding hydrogens is 360 g/mol. The van der Waals surface area contributed by atoms with Crippen LogP contribution in [-0.4, -0.2) is 51.3 Å². The Kier molecular flexibility index (Phi) is 4.78. The van der Waals surface area contributed by atoms with Crippen molar-refractivity contribution in [3.63, 3.8) is 0 Å². The molecule has 1 atom stereocenters. The van der Waals surface area contributed by atoms with Gasteiger partial charge in [-0.1, -0.05) is 30.3 Å². The Balaban J connectivity index is 1.51. The van der Waals surface area contributed by atoms with Crippen molar-refractivity contribution >= 4 is 5.91 Å². The second-order valence-corrected chi connectivity index (χ2v) is 5.90. The number of nitrogens with one attached hydrogen (secondary N) is 2. The summed E-state index contributed by atoms with van der Waals surface area (Å²) in [4.78, 5) is 25.4. The lowest BCUT2D eigenvalue weighted by Crippen LogP contribution is -2.34. The molecule has 0 bridgehead atoms. The van der Waals surface area contributed by atoms with E-state index >= 15 is 0 Å². The van der Waals surface area contributed by atoms with Gasteiger partial charge in [-0.2, -0.15) is 5.10 Å². The zero-order chi connectivity index (χ0) is 19.3. The lowest BCUT2D eigenvalue weighted by atomic mass is 10.1. The fourth-order valence-electron chi connectivity index (χ4n) is 2.69. The number of benzene rings is 1. The van der Waals surface area contributed by atoms with E-state index in [9.17, 15) is 4.79 Å². The third-order valence-electron chi connectivity index (χ3n) is 4.02. The van der Waals surface area contributed by atoms with Crippen LogP contribution in [0.1, 0.15) is 23.3 Å². The van der Waals surface area contributed by atoms with Crippen molar-refractivity contribution in [1.82, 2.24) is 50.7 Å². The van der Waals surface area contributed by atoms with Gasteiger partial charge in [0.25, 0.3) is 0 Å². The maximum atomic E-state index is 12.9. The van der Waals surface area contributed by atoms with Crippen LogP contribution in [0.3, 0.4) is 0 Å². The van der Waals surface area contributed by atoms with E-state index < -0.39 is 6.04 Å². The molecule has 0 aliphatic carbocycles. The molecule has 0 saturated heterocycles. The molecule has 4 rings (SSSR count). The van der Waals surface area contributed by atoms with Crippen LogP contribution in [0.25, 0.3) is 11.5 Å². The van der Waals surface area contributed by atoms with Gasteiger partial charge >= 0.3 is 0 Å². The Labute approximate surface area is 159 Å². The molecule has 1 aromatic carbocycles. The van der Waals surface area contributed by atoms with Gasteiger partial charge in [0, 0.05) is 12.4 Å². The normalized spacial score (nSPS) is 11.9. The molecule has 1 unspecified atom stereocenters. The van der Waals surface area contributed by atoms with Crippen LogP contribution in [0.5, 0.6) is 0 Å². The predicted molar refractivity (Wildman–Crippen MR) is 96.4 cm³/mol. The smallest absolute Gasteiger partial charge is 0.249 e. The topological polar surface area (TPSA) is 140 Å². The first kappa shape index (κ1) is 17.4. The zero-order valence-electron chi connectivity index (χ0n) is 14.9. The van der Waals surface area contributed by atoms with Crippen molar-refractivity contribution < 1.29 is 4.79 Å². The number of hydrogen-bond donors (Lipinski definition) is 2. The lowest BCUT2D eigenvalue weighted by Gasteiger charge is -2.17. The number of nitrogens with zero attached hydrogens (tertiary/aromatic N) is 8. The van der Waals surface area contributed by atoms with Crippen LogP contribution >= 0.6 is 0 Å². The highest BCUT2D eigenvalue weighted by Gasteiger charge is 2.25. The minimum absolute atomic E-state index is 0.163. The molecule has 3 heterocycles. The summed E-state index contributed by atoms with van der Waals surface area (Å²) in [7, 11) is 0. The van der Waals surface area contributed by atoms with E-state index in [0.29, 0.717) is 23.2 Å². The third-order valence-corrected chi connectivity index (χ3v) is 4.02. The highest BCUT2D eigenvalue weighted by atomic mass is 16.2. The van der Waals surface area contributed by atoms with Gasteiger partial charge in [-0.3, -0.25) is 14.9 Å². The average molecular weight is 376 g/mol. The average Bonchev–Trinajstić information content (AvgIpc) is 3.38. The molecule has 1 amide bonds. The number of carbonyl (C=O) groups excluding carboxylic acids is 1. The molecule has 4 aromatic rings. The van der Waals surface area contributed by atoms with E-state index in [0.717, 1.165) is 5.56 Å². The molecule has 0 radical (unpaired) electrons. The fraction of sp³-hybridized carbons (Fsp3) is 0.176. The fourth-order valence-corrected chi connectivity index (χ4v) is 2.69. The van der Waals surface area contributed by atoms with Gasteiger partial charge in [-0.05, 0) is 22.9 Å². The van der Waals surface area contributed by atoms with E-state index in [-0.39, 0.29) is 12.5 Å². The van der Waals surface area contributed by atoms with Crippen molar-refractivity contribution in [3.8, 4) is 11.5 Å². The standard InChI is InChI=1S/C17H16N10O/c1-11-22-25-26-27(11)15(12-5-3-2-4-6-12)17(28)20-10-14-21-16(24-23-14)13-9-18-7-8-19-13/h2-9,15H,10H2,1H3,(H,20,28)(H,21,23,24). The van der Waals surface area contributed by atoms with Crippen LogP contribution < -0.4 is 5.32 Å². The third kappa shape index (κ3) is 3.58. The SMILES string of the molecule is Cc1nnnn1C(C(=O)NCc1nc(-c2cnccn2)n[nH]1)c1ccccc1. The first-order valence-corrected chi connectivity index (χ1v) is 8.47. The summed E-state index contributed by atoms with van der Waals surface area (Å²) in [6.07, 6.45) is 4.70. The molecule has 0 saturated carbocycles. The van der Waals surface area contributed by atoms with Gasteiger partial charge in [0.2, 0.25) is 11.7 Å². The molecule has 28 heavy (non-hydrogen) atoms. The highest BCUT2D eigenvalue weighted by Crippen LogP contribution is 2.18. The minimum atomic E-state index is -0.696. The summed E-state index contributed by atoms with van der Waals surface area (Å²) >= 11 is 0. The molecule has 11 heteroatoms. The molecule has 0 spiro atoms. The number of aryl methyl sites for hydroxylation is 1. The number of tetrazole rings is 1. The second kappa shape index (κ2) is 7.70. The molecule has 3 aromatic heterocycles. The van der Waals surface area contributed by atoms with Crippen LogP contribution in [-0.2, 0) is 11.3 Å². The predicted octanol–water partition coefficient (Wildman–Crippen LogP) is 0.462. The van der Waals surface area contributed by atoms with Crippen molar-refractivity contribution in [2.45, 2.75) is 19.5 Å². The molecule has 0 aliphatic rings. The van der Waals surface area contributed by atoms with E-state index in [1.165, 1.54) is 4.68 Å². The maximum absolute atomic E-state index is 12.9. The van der Waals surface area contributed by atoms with E-state index in [1.807, 2.05) is 30.3 Å². The largest absolute Gasteiger partial charge is 0.347 e. The minimum Gasteiger partial charge on any atom is -0.347 e. The number of rotatable bonds is 6. The number of amides is 1. The number of H-pyrrole nitrogens is 1.